The van der Waals surface area contributed by atoms with Crippen molar-refractivity contribution in [3.8, 4) is 22.8 Å². The van der Waals surface area contributed by atoms with Gasteiger partial charge in [-0.05, 0) is 54.7 Å². The molecule has 1 aromatic heterocycles. The fourth-order valence-electron chi connectivity index (χ4n) is 3.42. The minimum atomic E-state index is -1.15. The van der Waals surface area contributed by atoms with Crippen LogP contribution in [-0.4, -0.2) is 42.2 Å². The van der Waals surface area contributed by atoms with E-state index in [1.165, 1.54) is 32.4 Å². The van der Waals surface area contributed by atoms with E-state index in [2.05, 4.69) is 5.32 Å². The molecule has 1 fully saturated rings. The van der Waals surface area contributed by atoms with Crippen molar-refractivity contribution < 1.29 is 33.4 Å². The fraction of sp³-hybridized carbons (Fsp3) is 0.0833. The van der Waals surface area contributed by atoms with Crippen molar-refractivity contribution in [1.82, 2.24) is 5.32 Å². The van der Waals surface area contributed by atoms with Crippen LogP contribution < -0.4 is 19.7 Å². The van der Waals surface area contributed by atoms with Gasteiger partial charge in [0.05, 0.1) is 30.5 Å². The van der Waals surface area contributed by atoms with E-state index < -0.39 is 17.8 Å². The summed E-state index contributed by atoms with van der Waals surface area (Å²) in [4.78, 5) is 38.2. The average Bonchev–Trinajstić information content (AvgIpc) is 3.30. The van der Waals surface area contributed by atoms with Crippen LogP contribution in [0.15, 0.2) is 58.5 Å². The van der Waals surface area contributed by atoms with Gasteiger partial charge in [0.2, 0.25) is 0 Å². The molecule has 1 aliphatic rings. The Hall–Kier alpha value is -4.15. The highest BCUT2D eigenvalue weighted by atomic mass is 35.5. The van der Waals surface area contributed by atoms with Crippen LogP contribution in [0.4, 0.5) is 5.69 Å². The lowest BCUT2D eigenvalue weighted by Crippen LogP contribution is -2.54. The third kappa shape index (κ3) is 4.61. The standard InChI is InChI=1S/C24H17ClN2O7S/c1-32-13-4-7-18(20(11-13)33-2)27-22(29)16(21(28)26-24(27)35)10-14-5-8-19(34-14)12-3-6-15(23(30)31)17(25)9-12/h3-11H,1-2H3,(H,30,31)(H,26,28,35)/b16-10+. The number of halogens is 1. The Balaban J connectivity index is 1.68. The molecule has 11 heteroatoms. The number of hydrogen-bond acceptors (Lipinski definition) is 7. The van der Waals surface area contributed by atoms with Gasteiger partial charge in [0.25, 0.3) is 11.8 Å². The number of carbonyl (C=O) groups excluding carboxylic acids is 2. The first-order valence-electron chi connectivity index (χ1n) is 10.00. The maximum absolute atomic E-state index is 13.3. The molecular weight excluding hydrogens is 496 g/mol. The number of benzene rings is 2. The van der Waals surface area contributed by atoms with Crippen molar-refractivity contribution in [2.45, 2.75) is 0 Å². The van der Waals surface area contributed by atoms with E-state index in [-0.39, 0.29) is 27.0 Å². The van der Waals surface area contributed by atoms with Gasteiger partial charge < -0.3 is 19.0 Å². The van der Waals surface area contributed by atoms with E-state index in [0.717, 1.165) is 4.90 Å². The van der Waals surface area contributed by atoms with Gasteiger partial charge in [-0.1, -0.05) is 17.7 Å². The van der Waals surface area contributed by atoms with Gasteiger partial charge in [0.15, 0.2) is 5.11 Å². The van der Waals surface area contributed by atoms with Crippen molar-refractivity contribution in [2.24, 2.45) is 0 Å². The summed E-state index contributed by atoms with van der Waals surface area (Å²) in [6, 6.07) is 12.3. The highest BCUT2D eigenvalue weighted by molar-refractivity contribution is 7.80. The van der Waals surface area contributed by atoms with E-state index in [1.807, 2.05) is 0 Å². The summed E-state index contributed by atoms with van der Waals surface area (Å²) in [5.74, 6) is -1.10. The first-order valence-corrected chi connectivity index (χ1v) is 10.8. The number of carboxylic acid groups (broad SMARTS) is 1. The van der Waals surface area contributed by atoms with Crippen LogP contribution in [0.3, 0.4) is 0 Å². The Morgan fingerprint density at radius 3 is 2.54 bits per heavy atom. The third-order valence-corrected chi connectivity index (χ3v) is 5.72. The molecule has 3 aromatic rings. The van der Waals surface area contributed by atoms with Crippen LogP contribution in [0.5, 0.6) is 11.5 Å². The number of carboxylic acids is 1. The van der Waals surface area contributed by atoms with Crippen LogP contribution >= 0.6 is 23.8 Å². The molecule has 0 radical (unpaired) electrons. The Morgan fingerprint density at radius 1 is 1.11 bits per heavy atom. The van der Waals surface area contributed by atoms with Crippen LogP contribution in [0.25, 0.3) is 17.4 Å². The van der Waals surface area contributed by atoms with E-state index in [1.54, 1.807) is 36.4 Å². The maximum atomic E-state index is 13.3. The molecule has 0 aliphatic carbocycles. The van der Waals surface area contributed by atoms with Gasteiger partial charge in [-0.25, -0.2) is 9.69 Å². The molecule has 0 saturated carbocycles. The Kier molecular flexibility index (Phi) is 6.59. The molecule has 2 aromatic carbocycles. The van der Waals surface area contributed by atoms with Gasteiger partial charge in [-0.15, -0.1) is 0 Å². The van der Waals surface area contributed by atoms with Gasteiger partial charge in [0, 0.05) is 11.6 Å². The SMILES string of the molecule is COc1ccc(N2C(=O)/C(=C/c3ccc(-c4ccc(C(=O)O)c(Cl)c4)o3)C(=O)NC2=S)c(OC)c1. The fourth-order valence-corrected chi connectivity index (χ4v) is 3.95. The average molecular weight is 513 g/mol. The first-order chi connectivity index (χ1) is 16.7. The summed E-state index contributed by atoms with van der Waals surface area (Å²) in [5.41, 5.74) is 0.591. The van der Waals surface area contributed by atoms with Crippen LogP contribution in [-0.2, 0) is 9.59 Å². The second kappa shape index (κ2) is 9.61. The van der Waals surface area contributed by atoms with Gasteiger partial charge in [0.1, 0.15) is 28.6 Å². The molecule has 1 saturated heterocycles. The third-order valence-electron chi connectivity index (χ3n) is 5.13. The van der Waals surface area contributed by atoms with E-state index in [0.29, 0.717) is 28.5 Å². The van der Waals surface area contributed by atoms with E-state index >= 15 is 0 Å². The number of ether oxygens (including phenoxy) is 2. The molecule has 2 N–H and O–H groups in total. The largest absolute Gasteiger partial charge is 0.497 e. The van der Waals surface area contributed by atoms with Crippen LogP contribution in [0.2, 0.25) is 5.02 Å². The number of thiocarbonyl (C=S) groups is 1. The zero-order valence-corrected chi connectivity index (χ0v) is 19.9. The highest BCUT2D eigenvalue weighted by Gasteiger charge is 2.36. The second-order valence-corrected chi connectivity index (χ2v) is 7.99. The summed E-state index contributed by atoms with van der Waals surface area (Å²) >= 11 is 11.3. The number of furan rings is 1. The monoisotopic (exact) mass is 512 g/mol. The molecule has 0 atom stereocenters. The predicted molar refractivity (Wildman–Crippen MR) is 132 cm³/mol. The topological polar surface area (TPSA) is 118 Å². The number of hydrogen-bond donors (Lipinski definition) is 2. The Morgan fingerprint density at radius 2 is 1.89 bits per heavy atom. The number of methoxy groups -OCH3 is 2. The molecule has 2 amide bonds. The summed E-state index contributed by atoms with van der Waals surface area (Å²) in [5, 5.41) is 11.6. The molecule has 1 aliphatic heterocycles. The predicted octanol–water partition coefficient (Wildman–Crippen LogP) is 4.15. The number of rotatable bonds is 6. The summed E-state index contributed by atoms with van der Waals surface area (Å²) in [6.07, 6.45) is 1.29. The number of aromatic carboxylic acids is 1. The number of anilines is 1. The Labute approximate surface area is 209 Å². The lowest BCUT2D eigenvalue weighted by molar-refractivity contribution is -0.122. The van der Waals surface area contributed by atoms with E-state index in [4.69, 9.17) is 42.8 Å². The van der Waals surface area contributed by atoms with Crippen molar-refractivity contribution >= 4 is 58.5 Å². The maximum Gasteiger partial charge on any atom is 0.337 e. The van der Waals surface area contributed by atoms with Crippen LogP contribution in [0, 0.1) is 0 Å². The van der Waals surface area contributed by atoms with Crippen molar-refractivity contribution in [2.75, 3.05) is 19.1 Å². The van der Waals surface area contributed by atoms with Crippen molar-refractivity contribution in [1.29, 1.82) is 0 Å². The van der Waals surface area contributed by atoms with Crippen LogP contribution in [0.1, 0.15) is 16.1 Å². The first kappa shape index (κ1) is 24.0. The second-order valence-electron chi connectivity index (χ2n) is 7.20. The molecule has 2 heterocycles. The molecule has 0 spiro atoms. The molecule has 0 bridgehead atoms. The molecular formula is C24H17ClN2O7S. The quantitative estimate of drug-likeness (QED) is 0.287. The summed E-state index contributed by atoms with van der Waals surface area (Å²) < 4.78 is 16.3. The number of carbonyl (C=O) groups is 3. The molecule has 178 valence electrons. The van der Waals surface area contributed by atoms with Gasteiger partial charge >= 0.3 is 5.97 Å². The number of nitrogens with one attached hydrogen (secondary N) is 1. The van der Waals surface area contributed by atoms with Crippen molar-refractivity contribution in [3.63, 3.8) is 0 Å². The van der Waals surface area contributed by atoms with Crippen molar-refractivity contribution in [3.05, 3.63) is 70.5 Å². The highest BCUT2D eigenvalue weighted by Crippen LogP contribution is 2.35. The normalized spacial score (nSPS) is 14.8. The molecule has 35 heavy (non-hydrogen) atoms. The number of nitrogens with zero attached hydrogens (tertiary/aromatic N) is 1. The molecule has 0 unspecified atom stereocenters. The lowest BCUT2D eigenvalue weighted by Gasteiger charge is -2.29. The Bertz CT molecular complexity index is 1410. The minimum Gasteiger partial charge on any atom is -0.497 e. The van der Waals surface area contributed by atoms with E-state index in [9.17, 15) is 14.4 Å². The van der Waals surface area contributed by atoms with Gasteiger partial charge in [-0.3, -0.25) is 14.9 Å². The van der Waals surface area contributed by atoms with Gasteiger partial charge in [-0.2, -0.15) is 0 Å². The zero-order valence-electron chi connectivity index (χ0n) is 18.3. The molecule has 9 nitrogen and oxygen atoms in total. The summed E-state index contributed by atoms with van der Waals surface area (Å²) in [7, 11) is 2.93. The summed E-state index contributed by atoms with van der Waals surface area (Å²) in [6.45, 7) is 0. The minimum absolute atomic E-state index is 0.0428. The lowest BCUT2D eigenvalue weighted by atomic mass is 10.1. The number of amides is 2. The smallest absolute Gasteiger partial charge is 0.337 e. The molecule has 4 rings (SSSR count). The zero-order chi connectivity index (χ0) is 25.3.